The standard InChI is InChI=1S/C13H21NO/c1-8(2)5-12(14)13-9(3)6-11(15)7-10(13)4/h6-8,12,15H,5,14H2,1-4H3. The van der Waals surface area contributed by atoms with Crippen molar-refractivity contribution in [3.63, 3.8) is 0 Å². The number of aromatic hydroxyl groups is 1. The number of phenolic OH excluding ortho intramolecular Hbond substituents is 1. The lowest BCUT2D eigenvalue weighted by Gasteiger charge is -2.19. The van der Waals surface area contributed by atoms with Crippen molar-refractivity contribution in [2.45, 2.75) is 40.2 Å². The molecule has 0 aliphatic carbocycles. The van der Waals surface area contributed by atoms with Gasteiger partial charge in [-0.3, -0.25) is 0 Å². The van der Waals surface area contributed by atoms with Gasteiger partial charge >= 0.3 is 0 Å². The molecule has 0 heterocycles. The third-order valence-corrected chi connectivity index (χ3v) is 2.67. The molecule has 0 fully saturated rings. The summed E-state index contributed by atoms with van der Waals surface area (Å²) in [5.74, 6) is 0.915. The highest BCUT2D eigenvalue weighted by Crippen LogP contribution is 2.28. The summed E-state index contributed by atoms with van der Waals surface area (Å²) in [4.78, 5) is 0. The van der Waals surface area contributed by atoms with E-state index >= 15 is 0 Å². The number of hydrogen-bond acceptors (Lipinski definition) is 2. The first-order chi connectivity index (χ1) is 6.91. The number of hydrogen-bond donors (Lipinski definition) is 2. The summed E-state index contributed by atoms with van der Waals surface area (Å²) in [7, 11) is 0. The van der Waals surface area contributed by atoms with Crippen LogP contribution in [0.5, 0.6) is 5.75 Å². The number of aryl methyl sites for hydroxylation is 2. The zero-order chi connectivity index (χ0) is 11.6. The Morgan fingerprint density at radius 3 is 2.07 bits per heavy atom. The van der Waals surface area contributed by atoms with Gasteiger partial charge in [-0.25, -0.2) is 0 Å². The maximum absolute atomic E-state index is 9.44. The molecule has 15 heavy (non-hydrogen) atoms. The van der Waals surface area contributed by atoms with Gasteiger partial charge in [0.1, 0.15) is 5.75 Å². The van der Waals surface area contributed by atoms with Crippen LogP contribution in [0.3, 0.4) is 0 Å². The first-order valence-corrected chi connectivity index (χ1v) is 5.47. The van der Waals surface area contributed by atoms with Gasteiger partial charge in [0.05, 0.1) is 0 Å². The Morgan fingerprint density at radius 1 is 1.20 bits per heavy atom. The predicted molar refractivity (Wildman–Crippen MR) is 64.0 cm³/mol. The fourth-order valence-corrected chi connectivity index (χ4v) is 2.16. The van der Waals surface area contributed by atoms with Crippen LogP contribution in [0.1, 0.15) is 43.0 Å². The van der Waals surface area contributed by atoms with E-state index in [1.807, 2.05) is 13.8 Å². The minimum atomic E-state index is 0.0746. The van der Waals surface area contributed by atoms with Crippen LogP contribution in [0.25, 0.3) is 0 Å². The zero-order valence-electron chi connectivity index (χ0n) is 10.0. The second-order valence-corrected chi connectivity index (χ2v) is 4.73. The van der Waals surface area contributed by atoms with Crippen LogP contribution in [-0.2, 0) is 0 Å². The molecule has 1 aromatic carbocycles. The van der Waals surface area contributed by atoms with Crippen molar-refractivity contribution in [1.82, 2.24) is 0 Å². The van der Waals surface area contributed by atoms with E-state index in [2.05, 4.69) is 13.8 Å². The molecule has 1 aromatic rings. The van der Waals surface area contributed by atoms with Crippen LogP contribution in [0.4, 0.5) is 0 Å². The van der Waals surface area contributed by atoms with E-state index in [0.29, 0.717) is 11.7 Å². The van der Waals surface area contributed by atoms with Crippen LogP contribution >= 0.6 is 0 Å². The van der Waals surface area contributed by atoms with Crippen molar-refractivity contribution in [2.75, 3.05) is 0 Å². The molecule has 0 radical (unpaired) electrons. The highest BCUT2D eigenvalue weighted by atomic mass is 16.3. The monoisotopic (exact) mass is 207 g/mol. The van der Waals surface area contributed by atoms with E-state index in [9.17, 15) is 5.11 Å². The first-order valence-electron chi connectivity index (χ1n) is 5.47. The Kier molecular flexibility index (Phi) is 3.75. The van der Waals surface area contributed by atoms with E-state index < -0.39 is 0 Å². The van der Waals surface area contributed by atoms with Crippen LogP contribution in [-0.4, -0.2) is 5.11 Å². The van der Waals surface area contributed by atoms with E-state index in [1.165, 1.54) is 5.56 Å². The summed E-state index contributed by atoms with van der Waals surface area (Å²) in [6.45, 7) is 8.35. The molecule has 1 atom stereocenters. The molecule has 0 amide bonds. The van der Waals surface area contributed by atoms with Crippen molar-refractivity contribution in [3.05, 3.63) is 28.8 Å². The lowest BCUT2D eigenvalue weighted by molar-refractivity contribution is 0.471. The molecule has 0 saturated heterocycles. The van der Waals surface area contributed by atoms with Gasteiger partial charge in [-0.15, -0.1) is 0 Å². The molecular weight excluding hydrogens is 186 g/mol. The fourth-order valence-electron chi connectivity index (χ4n) is 2.16. The van der Waals surface area contributed by atoms with Crippen LogP contribution in [0.2, 0.25) is 0 Å². The summed E-state index contributed by atoms with van der Waals surface area (Å²) in [6.07, 6.45) is 0.979. The van der Waals surface area contributed by atoms with E-state index in [4.69, 9.17) is 5.73 Å². The van der Waals surface area contributed by atoms with Gasteiger partial charge in [0.2, 0.25) is 0 Å². The maximum Gasteiger partial charge on any atom is 0.116 e. The van der Waals surface area contributed by atoms with E-state index in [1.54, 1.807) is 12.1 Å². The molecule has 0 saturated carbocycles. The molecule has 1 unspecified atom stereocenters. The highest BCUT2D eigenvalue weighted by molar-refractivity contribution is 5.42. The van der Waals surface area contributed by atoms with Gasteiger partial charge in [-0.1, -0.05) is 13.8 Å². The second-order valence-electron chi connectivity index (χ2n) is 4.73. The van der Waals surface area contributed by atoms with Crippen molar-refractivity contribution in [2.24, 2.45) is 11.7 Å². The Labute approximate surface area is 92.1 Å². The molecule has 0 aliphatic rings. The zero-order valence-corrected chi connectivity index (χ0v) is 10.0. The quantitative estimate of drug-likeness (QED) is 0.800. The SMILES string of the molecule is Cc1cc(O)cc(C)c1C(N)CC(C)C. The van der Waals surface area contributed by atoms with Crippen molar-refractivity contribution < 1.29 is 5.11 Å². The smallest absolute Gasteiger partial charge is 0.116 e. The highest BCUT2D eigenvalue weighted by Gasteiger charge is 2.14. The summed E-state index contributed by atoms with van der Waals surface area (Å²) < 4.78 is 0. The van der Waals surface area contributed by atoms with Crippen molar-refractivity contribution in [3.8, 4) is 5.75 Å². The predicted octanol–water partition coefficient (Wildman–Crippen LogP) is 3.05. The van der Waals surface area contributed by atoms with E-state index in [0.717, 1.165) is 17.5 Å². The summed E-state index contributed by atoms with van der Waals surface area (Å²) >= 11 is 0. The molecule has 0 aliphatic heterocycles. The number of benzene rings is 1. The number of rotatable bonds is 3. The molecule has 2 heteroatoms. The average Bonchev–Trinajstić information content (AvgIpc) is 1.99. The van der Waals surface area contributed by atoms with Crippen molar-refractivity contribution >= 4 is 0 Å². The topological polar surface area (TPSA) is 46.2 Å². The molecular formula is C13H21NO. The van der Waals surface area contributed by atoms with Gasteiger partial charge < -0.3 is 10.8 Å². The molecule has 0 bridgehead atoms. The normalized spacial score (nSPS) is 13.2. The largest absolute Gasteiger partial charge is 0.508 e. The van der Waals surface area contributed by atoms with Gasteiger partial charge in [0.15, 0.2) is 0 Å². The second kappa shape index (κ2) is 4.67. The molecule has 0 aromatic heterocycles. The number of nitrogens with two attached hydrogens (primary N) is 1. The molecule has 3 N–H and O–H groups in total. The molecule has 1 rings (SSSR count). The fraction of sp³-hybridized carbons (Fsp3) is 0.538. The maximum atomic E-state index is 9.44. The Hall–Kier alpha value is -1.02. The minimum Gasteiger partial charge on any atom is -0.508 e. The summed E-state index contributed by atoms with van der Waals surface area (Å²) in [6, 6.07) is 3.64. The third kappa shape index (κ3) is 2.96. The number of phenols is 1. The Bertz CT molecular complexity index is 321. The minimum absolute atomic E-state index is 0.0746. The summed E-state index contributed by atoms with van der Waals surface area (Å²) in [5, 5.41) is 9.44. The lowest BCUT2D eigenvalue weighted by Crippen LogP contribution is -2.15. The van der Waals surface area contributed by atoms with Gasteiger partial charge in [-0.2, -0.15) is 0 Å². The van der Waals surface area contributed by atoms with Crippen LogP contribution in [0.15, 0.2) is 12.1 Å². The molecule has 84 valence electrons. The van der Waals surface area contributed by atoms with E-state index in [-0.39, 0.29) is 6.04 Å². The van der Waals surface area contributed by atoms with Gasteiger partial charge in [0, 0.05) is 6.04 Å². The van der Waals surface area contributed by atoms with Crippen LogP contribution < -0.4 is 5.73 Å². The molecule has 0 spiro atoms. The van der Waals surface area contributed by atoms with Gasteiger partial charge in [-0.05, 0) is 55.0 Å². The average molecular weight is 207 g/mol. The Morgan fingerprint density at radius 2 is 1.67 bits per heavy atom. The van der Waals surface area contributed by atoms with Crippen LogP contribution in [0, 0.1) is 19.8 Å². The van der Waals surface area contributed by atoms with Crippen molar-refractivity contribution in [1.29, 1.82) is 0 Å². The third-order valence-electron chi connectivity index (χ3n) is 2.67. The molecule has 2 nitrogen and oxygen atoms in total. The Balaban J connectivity index is 3.03. The first kappa shape index (κ1) is 12.1. The van der Waals surface area contributed by atoms with Gasteiger partial charge in [0.25, 0.3) is 0 Å². The lowest BCUT2D eigenvalue weighted by atomic mass is 9.91. The summed E-state index contributed by atoms with van der Waals surface area (Å²) in [5.41, 5.74) is 9.52.